The molecule has 150 valence electrons. The molecule has 3 rings (SSSR count). The molecule has 0 aliphatic heterocycles. The summed E-state index contributed by atoms with van der Waals surface area (Å²) in [6, 6.07) is 22.2. The van der Waals surface area contributed by atoms with E-state index in [2.05, 4.69) is 21.7 Å². The minimum Gasteiger partial charge on any atom is -0.369 e. The van der Waals surface area contributed by atoms with Crippen LogP contribution in [0.1, 0.15) is 11.1 Å². The van der Waals surface area contributed by atoms with Gasteiger partial charge in [0.1, 0.15) is 16.9 Å². The fraction of sp³-hybridized carbons (Fsp3) is 0.0909. The Morgan fingerprint density at radius 3 is 2.37 bits per heavy atom. The maximum atomic E-state index is 12.4. The summed E-state index contributed by atoms with van der Waals surface area (Å²) in [6.45, 7) is 0.359. The largest absolute Gasteiger partial charge is 0.369 e. The summed E-state index contributed by atoms with van der Waals surface area (Å²) in [5.41, 5.74) is 7.93. The monoisotopic (exact) mass is 417 g/mol. The summed E-state index contributed by atoms with van der Waals surface area (Å²) < 4.78 is 0. The van der Waals surface area contributed by atoms with Crippen LogP contribution in [-0.2, 0) is 11.3 Å². The van der Waals surface area contributed by atoms with E-state index in [0.717, 1.165) is 22.9 Å². The first-order chi connectivity index (χ1) is 14.6. The van der Waals surface area contributed by atoms with Crippen LogP contribution in [0.3, 0.4) is 0 Å². The van der Waals surface area contributed by atoms with Gasteiger partial charge in [0.25, 0.3) is 0 Å². The van der Waals surface area contributed by atoms with Crippen LogP contribution in [0.5, 0.6) is 0 Å². The van der Waals surface area contributed by atoms with Crippen molar-refractivity contribution in [1.82, 2.24) is 10.3 Å². The summed E-state index contributed by atoms with van der Waals surface area (Å²) in [5.74, 6) is -0.282. The van der Waals surface area contributed by atoms with Crippen molar-refractivity contribution in [2.24, 2.45) is 5.73 Å². The number of nitrogens with two attached hydrogens (primary N) is 1. The smallest absolute Gasteiger partial charge is 0.320 e. The normalized spacial score (nSPS) is 10.1. The number of benzene rings is 2. The lowest BCUT2D eigenvalue weighted by Crippen LogP contribution is -2.28. The number of urea groups is 1. The number of nitrogens with zero attached hydrogens (tertiary/aromatic N) is 2. The Hall–Kier alpha value is -3.83. The molecule has 8 heteroatoms. The van der Waals surface area contributed by atoms with E-state index >= 15 is 0 Å². The van der Waals surface area contributed by atoms with E-state index in [1.807, 2.05) is 60.7 Å². The molecule has 0 atom stereocenters. The highest BCUT2D eigenvalue weighted by Crippen LogP contribution is 2.32. The van der Waals surface area contributed by atoms with Gasteiger partial charge < -0.3 is 11.1 Å². The fourth-order valence-electron chi connectivity index (χ4n) is 2.72. The molecule has 0 spiro atoms. The number of amides is 3. The molecule has 1 heterocycles. The standard InChI is InChI=1S/C22H19N5O2S/c23-12-18-17(16-9-5-2-6-10-16)11-20(26-21(18)30-14-19(24)28)27-22(29)25-13-15-7-3-1-4-8-15/h1-11H,13-14H2,(H2,24,28)(H2,25,26,27,29). The molecule has 3 amide bonds. The van der Waals surface area contributed by atoms with Crippen molar-refractivity contribution in [2.45, 2.75) is 11.6 Å². The number of carbonyl (C=O) groups is 2. The van der Waals surface area contributed by atoms with Gasteiger partial charge in [-0.1, -0.05) is 72.4 Å². The summed E-state index contributed by atoms with van der Waals surface area (Å²) in [7, 11) is 0. The molecule has 0 unspecified atom stereocenters. The maximum absolute atomic E-state index is 12.4. The van der Waals surface area contributed by atoms with Gasteiger partial charge in [-0.05, 0) is 17.2 Å². The number of carbonyl (C=O) groups excluding carboxylic acids is 2. The molecule has 1 aromatic heterocycles. The average molecular weight is 417 g/mol. The minimum absolute atomic E-state index is 0.0282. The zero-order valence-corrected chi connectivity index (χ0v) is 16.8. The first-order valence-corrected chi connectivity index (χ1v) is 10.1. The van der Waals surface area contributed by atoms with E-state index < -0.39 is 11.9 Å². The number of primary amides is 1. The van der Waals surface area contributed by atoms with Gasteiger partial charge in [0.2, 0.25) is 5.91 Å². The van der Waals surface area contributed by atoms with E-state index in [1.165, 1.54) is 0 Å². The zero-order chi connectivity index (χ0) is 21.3. The van der Waals surface area contributed by atoms with E-state index in [4.69, 9.17) is 5.73 Å². The summed E-state index contributed by atoms with van der Waals surface area (Å²) >= 11 is 1.06. The Bertz CT molecular complexity index is 1080. The Morgan fingerprint density at radius 2 is 1.73 bits per heavy atom. The van der Waals surface area contributed by atoms with Gasteiger partial charge in [-0.3, -0.25) is 10.1 Å². The Balaban J connectivity index is 1.87. The van der Waals surface area contributed by atoms with E-state index in [9.17, 15) is 14.9 Å². The van der Waals surface area contributed by atoms with Crippen molar-refractivity contribution in [2.75, 3.05) is 11.1 Å². The second kappa shape index (κ2) is 10.1. The van der Waals surface area contributed by atoms with Crippen LogP contribution in [-0.4, -0.2) is 22.7 Å². The van der Waals surface area contributed by atoms with Crippen molar-refractivity contribution < 1.29 is 9.59 Å². The van der Waals surface area contributed by atoms with Crippen molar-refractivity contribution in [3.63, 3.8) is 0 Å². The molecule has 0 bridgehead atoms. The molecule has 2 aromatic carbocycles. The van der Waals surface area contributed by atoms with Gasteiger partial charge in [-0.2, -0.15) is 5.26 Å². The van der Waals surface area contributed by atoms with Crippen molar-refractivity contribution in [3.05, 3.63) is 77.9 Å². The molecular weight excluding hydrogens is 398 g/mol. The predicted octanol–water partition coefficient (Wildman–Crippen LogP) is 3.52. The first kappa shape index (κ1) is 20.9. The summed E-state index contributed by atoms with van der Waals surface area (Å²) in [5, 5.41) is 15.5. The quantitative estimate of drug-likeness (QED) is 0.508. The van der Waals surface area contributed by atoms with Crippen LogP contribution in [0.25, 0.3) is 11.1 Å². The van der Waals surface area contributed by atoms with E-state index in [0.29, 0.717) is 22.7 Å². The van der Waals surface area contributed by atoms with Gasteiger partial charge >= 0.3 is 6.03 Å². The number of nitriles is 1. The molecule has 0 saturated heterocycles. The molecular formula is C22H19N5O2S. The minimum atomic E-state index is -0.522. The Labute approximate surface area is 178 Å². The van der Waals surface area contributed by atoms with Gasteiger partial charge in [0.05, 0.1) is 11.3 Å². The number of aromatic nitrogens is 1. The van der Waals surface area contributed by atoms with E-state index in [1.54, 1.807) is 6.07 Å². The molecule has 4 N–H and O–H groups in total. The van der Waals surface area contributed by atoms with Crippen molar-refractivity contribution in [1.29, 1.82) is 5.26 Å². The molecule has 0 radical (unpaired) electrons. The van der Waals surface area contributed by atoms with Crippen LogP contribution in [0.2, 0.25) is 0 Å². The molecule has 3 aromatic rings. The van der Waals surface area contributed by atoms with Crippen molar-refractivity contribution >= 4 is 29.5 Å². The number of hydrogen-bond acceptors (Lipinski definition) is 5. The third-order valence-electron chi connectivity index (χ3n) is 4.07. The Kier molecular flexibility index (Phi) is 7.03. The van der Waals surface area contributed by atoms with E-state index in [-0.39, 0.29) is 11.6 Å². The lowest BCUT2D eigenvalue weighted by Gasteiger charge is -2.13. The number of anilines is 1. The van der Waals surface area contributed by atoms with Gasteiger partial charge in [0, 0.05) is 12.1 Å². The Morgan fingerprint density at radius 1 is 1.07 bits per heavy atom. The average Bonchev–Trinajstić information content (AvgIpc) is 2.77. The van der Waals surface area contributed by atoms with Crippen LogP contribution < -0.4 is 16.4 Å². The van der Waals surface area contributed by atoms with Gasteiger partial charge in [0.15, 0.2) is 0 Å². The van der Waals surface area contributed by atoms with Crippen LogP contribution in [0, 0.1) is 11.3 Å². The molecule has 0 aliphatic carbocycles. The topological polar surface area (TPSA) is 121 Å². The fourth-order valence-corrected chi connectivity index (χ4v) is 3.46. The third kappa shape index (κ3) is 5.59. The predicted molar refractivity (Wildman–Crippen MR) is 117 cm³/mol. The summed E-state index contributed by atoms with van der Waals surface area (Å²) in [4.78, 5) is 27.9. The zero-order valence-electron chi connectivity index (χ0n) is 16.0. The number of thioether (sulfide) groups is 1. The second-order valence-electron chi connectivity index (χ2n) is 6.26. The highest BCUT2D eigenvalue weighted by Gasteiger charge is 2.16. The maximum Gasteiger partial charge on any atom is 0.320 e. The first-order valence-electron chi connectivity index (χ1n) is 9.07. The number of nitrogens with one attached hydrogen (secondary N) is 2. The van der Waals surface area contributed by atoms with Crippen LogP contribution in [0.15, 0.2) is 71.8 Å². The highest BCUT2D eigenvalue weighted by atomic mass is 32.2. The SMILES string of the molecule is N#Cc1c(-c2ccccc2)cc(NC(=O)NCc2ccccc2)nc1SCC(N)=O. The summed E-state index contributed by atoms with van der Waals surface area (Å²) in [6.07, 6.45) is 0. The molecule has 30 heavy (non-hydrogen) atoms. The molecule has 0 fully saturated rings. The van der Waals surface area contributed by atoms with Gasteiger partial charge in [-0.15, -0.1) is 0 Å². The second-order valence-corrected chi connectivity index (χ2v) is 7.23. The highest BCUT2D eigenvalue weighted by molar-refractivity contribution is 8.00. The van der Waals surface area contributed by atoms with Crippen molar-refractivity contribution in [3.8, 4) is 17.2 Å². The third-order valence-corrected chi connectivity index (χ3v) is 5.07. The van der Waals surface area contributed by atoms with Gasteiger partial charge in [-0.25, -0.2) is 9.78 Å². The van der Waals surface area contributed by atoms with Crippen LogP contribution in [0.4, 0.5) is 10.6 Å². The number of pyridine rings is 1. The number of rotatable bonds is 7. The molecule has 7 nitrogen and oxygen atoms in total. The lowest BCUT2D eigenvalue weighted by atomic mass is 10.0. The molecule has 0 saturated carbocycles. The lowest BCUT2D eigenvalue weighted by molar-refractivity contribution is -0.115. The molecule has 0 aliphatic rings. The number of hydrogen-bond donors (Lipinski definition) is 3. The van der Waals surface area contributed by atoms with Crippen LogP contribution >= 0.6 is 11.8 Å².